The average Bonchev–Trinajstić information content (AvgIpc) is 2.42. The fourth-order valence-corrected chi connectivity index (χ4v) is 1.76. The quantitative estimate of drug-likeness (QED) is 0.542. The molecule has 0 spiro atoms. The van der Waals surface area contributed by atoms with E-state index in [1.165, 1.54) is 0 Å². The van der Waals surface area contributed by atoms with Gasteiger partial charge >= 0.3 is 0 Å². The summed E-state index contributed by atoms with van der Waals surface area (Å²) in [6.07, 6.45) is 3.03. The van der Waals surface area contributed by atoms with Gasteiger partial charge in [-0.1, -0.05) is 6.92 Å². The lowest BCUT2D eigenvalue weighted by molar-refractivity contribution is 0.0765. The van der Waals surface area contributed by atoms with E-state index in [0.29, 0.717) is 12.5 Å². The summed E-state index contributed by atoms with van der Waals surface area (Å²) >= 11 is 0. The first-order valence-electron chi connectivity index (χ1n) is 7.12. The Labute approximate surface area is 116 Å². The molecule has 0 aliphatic heterocycles. The zero-order chi connectivity index (χ0) is 14.1. The van der Waals surface area contributed by atoms with Crippen LogP contribution < -0.4 is 5.32 Å². The van der Waals surface area contributed by atoms with Gasteiger partial charge in [-0.2, -0.15) is 0 Å². The van der Waals surface area contributed by atoms with Gasteiger partial charge in [0.25, 0.3) is 0 Å². The summed E-state index contributed by atoms with van der Waals surface area (Å²) in [6.45, 7) is 7.74. The van der Waals surface area contributed by atoms with Crippen LogP contribution in [0.4, 0.5) is 5.69 Å². The van der Waals surface area contributed by atoms with Crippen LogP contribution >= 0.6 is 0 Å². The van der Waals surface area contributed by atoms with E-state index >= 15 is 0 Å². The van der Waals surface area contributed by atoms with Crippen molar-refractivity contribution in [2.45, 2.75) is 46.1 Å². The molecule has 0 radical (unpaired) electrons. The lowest BCUT2D eigenvalue weighted by Gasteiger charge is -2.09. The Balaban J connectivity index is 2.21. The minimum Gasteiger partial charge on any atom is -0.385 e. The summed E-state index contributed by atoms with van der Waals surface area (Å²) in [5.41, 5.74) is 1.86. The van der Waals surface area contributed by atoms with Crippen LogP contribution in [0.15, 0.2) is 24.3 Å². The SMILES string of the molecule is CCC(=O)c1ccc(NCCCCOC(C)C)cc1. The first-order chi connectivity index (χ1) is 9.13. The van der Waals surface area contributed by atoms with Gasteiger partial charge in [0.2, 0.25) is 0 Å². The highest BCUT2D eigenvalue weighted by Crippen LogP contribution is 2.11. The number of anilines is 1. The van der Waals surface area contributed by atoms with Crippen molar-refractivity contribution in [3.63, 3.8) is 0 Å². The number of carbonyl (C=O) groups is 1. The Bertz CT molecular complexity index is 371. The highest BCUT2D eigenvalue weighted by molar-refractivity contribution is 5.96. The fourth-order valence-electron chi connectivity index (χ4n) is 1.76. The number of hydrogen-bond donors (Lipinski definition) is 1. The maximum Gasteiger partial charge on any atom is 0.162 e. The topological polar surface area (TPSA) is 38.3 Å². The highest BCUT2D eigenvalue weighted by Gasteiger charge is 2.01. The van der Waals surface area contributed by atoms with Crippen LogP contribution in [0.25, 0.3) is 0 Å². The highest BCUT2D eigenvalue weighted by atomic mass is 16.5. The Morgan fingerprint density at radius 3 is 2.47 bits per heavy atom. The second kappa shape index (κ2) is 8.70. The van der Waals surface area contributed by atoms with E-state index in [-0.39, 0.29) is 5.78 Å². The van der Waals surface area contributed by atoms with Crippen LogP contribution in [-0.2, 0) is 4.74 Å². The molecule has 1 N–H and O–H groups in total. The van der Waals surface area contributed by atoms with Crippen molar-refractivity contribution in [3.8, 4) is 0 Å². The van der Waals surface area contributed by atoms with E-state index in [2.05, 4.69) is 19.2 Å². The molecule has 0 aliphatic carbocycles. The minimum atomic E-state index is 0.192. The zero-order valence-corrected chi connectivity index (χ0v) is 12.2. The van der Waals surface area contributed by atoms with Crippen molar-refractivity contribution in [1.82, 2.24) is 0 Å². The number of benzene rings is 1. The first-order valence-corrected chi connectivity index (χ1v) is 7.12. The van der Waals surface area contributed by atoms with Gasteiger partial charge in [0.05, 0.1) is 6.10 Å². The van der Waals surface area contributed by atoms with Crippen LogP contribution in [0.2, 0.25) is 0 Å². The van der Waals surface area contributed by atoms with Crippen LogP contribution in [-0.4, -0.2) is 25.0 Å². The second-order valence-electron chi connectivity index (χ2n) is 4.91. The van der Waals surface area contributed by atoms with E-state index in [1.807, 2.05) is 31.2 Å². The molecule has 0 heterocycles. The molecule has 19 heavy (non-hydrogen) atoms. The number of ether oxygens (including phenoxy) is 1. The summed E-state index contributed by atoms with van der Waals surface area (Å²) in [4.78, 5) is 11.5. The summed E-state index contributed by atoms with van der Waals surface area (Å²) in [5, 5.41) is 3.35. The number of rotatable bonds is 9. The zero-order valence-electron chi connectivity index (χ0n) is 12.2. The molecule has 0 atom stereocenters. The Hall–Kier alpha value is -1.35. The standard InChI is InChI=1S/C16H25NO2/c1-4-16(18)14-7-9-15(10-8-14)17-11-5-6-12-19-13(2)3/h7-10,13,17H,4-6,11-12H2,1-3H3. The van der Waals surface area contributed by atoms with Crippen molar-refractivity contribution in [2.75, 3.05) is 18.5 Å². The predicted octanol–water partition coefficient (Wildman–Crippen LogP) is 3.90. The van der Waals surface area contributed by atoms with E-state index in [1.54, 1.807) is 0 Å². The lowest BCUT2D eigenvalue weighted by Crippen LogP contribution is -2.07. The maximum absolute atomic E-state index is 11.5. The summed E-state index contributed by atoms with van der Waals surface area (Å²) < 4.78 is 5.48. The van der Waals surface area contributed by atoms with Crippen molar-refractivity contribution in [3.05, 3.63) is 29.8 Å². The average molecular weight is 263 g/mol. The molecular weight excluding hydrogens is 238 g/mol. The molecule has 1 rings (SSSR count). The molecule has 0 saturated carbocycles. The molecule has 0 aliphatic rings. The number of unbranched alkanes of at least 4 members (excludes halogenated alkanes) is 1. The van der Waals surface area contributed by atoms with Gasteiger partial charge in [0, 0.05) is 30.8 Å². The lowest BCUT2D eigenvalue weighted by atomic mass is 10.1. The van der Waals surface area contributed by atoms with E-state index in [9.17, 15) is 4.79 Å². The third-order valence-electron chi connectivity index (χ3n) is 2.88. The van der Waals surface area contributed by atoms with Crippen molar-refractivity contribution in [1.29, 1.82) is 0 Å². The summed E-state index contributed by atoms with van der Waals surface area (Å²) in [7, 11) is 0. The molecule has 1 aromatic rings. The molecular formula is C16H25NO2. The van der Waals surface area contributed by atoms with Gasteiger partial charge in [0.1, 0.15) is 0 Å². The van der Waals surface area contributed by atoms with Crippen molar-refractivity contribution in [2.24, 2.45) is 0 Å². The maximum atomic E-state index is 11.5. The van der Waals surface area contributed by atoms with Crippen molar-refractivity contribution < 1.29 is 9.53 Å². The Kier molecular flexibility index (Phi) is 7.19. The van der Waals surface area contributed by atoms with Crippen LogP contribution in [0.3, 0.4) is 0 Å². The number of carbonyl (C=O) groups excluding carboxylic acids is 1. The molecule has 3 heteroatoms. The van der Waals surface area contributed by atoms with E-state index in [0.717, 1.165) is 37.2 Å². The van der Waals surface area contributed by atoms with Gasteiger partial charge in [-0.25, -0.2) is 0 Å². The molecule has 3 nitrogen and oxygen atoms in total. The molecule has 0 amide bonds. The second-order valence-corrected chi connectivity index (χ2v) is 4.91. The van der Waals surface area contributed by atoms with Gasteiger partial charge in [-0.3, -0.25) is 4.79 Å². The minimum absolute atomic E-state index is 0.192. The molecule has 0 saturated heterocycles. The number of ketones is 1. The number of nitrogens with one attached hydrogen (secondary N) is 1. The van der Waals surface area contributed by atoms with Gasteiger partial charge in [-0.05, 0) is 51.0 Å². The molecule has 0 unspecified atom stereocenters. The smallest absolute Gasteiger partial charge is 0.162 e. The van der Waals surface area contributed by atoms with Crippen LogP contribution in [0.5, 0.6) is 0 Å². The Morgan fingerprint density at radius 1 is 1.21 bits per heavy atom. The molecule has 0 fully saturated rings. The van der Waals surface area contributed by atoms with Crippen LogP contribution in [0, 0.1) is 0 Å². The van der Waals surface area contributed by atoms with Crippen LogP contribution in [0.1, 0.15) is 50.4 Å². The molecule has 106 valence electrons. The number of hydrogen-bond acceptors (Lipinski definition) is 3. The summed E-state index contributed by atoms with van der Waals surface area (Å²) in [6, 6.07) is 7.70. The third kappa shape index (κ3) is 6.39. The van der Waals surface area contributed by atoms with E-state index < -0.39 is 0 Å². The summed E-state index contributed by atoms with van der Waals surface area (Å²) in [5.74, 6) is 0.192. The normalized spacial score (nSPS) is 10.7. The first kappa shape index (κ1) is 15.7. The Morgan fingerprint density at radius 2 is 1.89 bits per heavy atom. The fraction of sp³-hybridized carbons (Fsp3) is 0.562. The molecule has 1 aromatic carbocycles. The van der Waals surface area contributed by atoms with Crippen molar-refractivity contribution >= 4 is 11.5 Å². The van der Waals surface area contributed by atoms with E-state index in [4.69, 9.17) is 4.74 Å². The van der Waals surface area contributed by atoms with Gasteiger partial charge in [-0.15, -0.1) is 0 Å². The monoisotopic (exact) mass is 263 g/mol. The third-order valence-corrected chi connectivity index (χ3v) is 2.88. The largest absolute Gasteiger partial charge is 0.385 e. The molecule has 0 bridgehead atoms. The number of Topliss-reactive ketones (excluding diaryl/α,β-unsaturated/α-hetero) is 1. The van der Waals surface area contributed by atoms with Gasteiger partial charge < -0.3 is 10.1 Å². The predicted molar refractivity (Wildman–Crippen MR) is 79.9 cm³/mol. The van der Waals surface area contributed by atoms with Gasteiger partial charge in [0.15, 0.2) is 5.78 Å². The molecule has 0 aromatic heterocycles.